The van der Waals surface area contributed by atoms with Gasteiger partial charge < -0.3 is 9.88 Å². The maximum absolute atomic E-state index is 3.56. The Kier molecular flexibility index (Phi) is 4.82. The zero-order chi connectivity index (χ0) is 23.9. The van der Waals surface area contributed by atoms with E-state index in [-0.39, 0.29) is 0 Å². The molecule has 6 aromatic carbocycles. The number of anilines is 2. The highest BCUT2D eigenvalue weighted by atomic mass is 15.0. The number of hydrogen-bond acceptors (Lipinski definition) is 1. The molecular formula is C34H24N2. The summed E-state index contributed by atoms with van der Waals surface area (Å²) in [6, 6.07) is 49.6. The molecule has 0 aliphatic rings. The maximum Gasteiger partial charge on any atom is 0.0619 e. The van der Waals surface area contributed by atoms with E-state index in [2.05, 4.69) is 143 Å². The normalized spacial score (nSPS) is 11.3. The fraction of sp³-hybridized carbons (Fsp3) is 0. The minimum atomic E-state index is 1.08. The average molecular weight is 461 g/mol. The summed E-state index contributed by atoms with van der Waals surface area (Å²) in [6.45, 7) is 0. The van der Waals surface area contributed by atoms with Crippen LogP contribution in [-0.4, -0.2) is 4.57 Å². The SMILES string of the molecule is c1ccc(Nc2ccc3c(c2)c2ccc4ccccc4c2n3-c2ccc(-c3ccccc3)cc2)cc1. The zero-order valence-electron chi connectivity index (χ0n) is 19.7. The molecule has 0 spiro atoms. The quantitative estimate of drug-likeness (QED) is 0.277. The molecule has 1 heterocycles. The van der Waals surface area contributed by atoms with Crippen LogP contribution in [0.1, 0.15) is 0 Å². The molecule has 0 aliphatic carbocycles. The van der Waals surface area contributed by atoms with Gasteiger partial charge in [0, 0.05) is 33.2 Å². The second-order valence-electron chi connectivity index (χ2n) is 9.15. The Balaban J connectivity index is 1.46. The Morgan fingerprint density at radius 2 is 1.14 bits per heavy atom. The van der Waals surface area contributed by atoms with E-state index in [1.165, 1.54) is 43.7 Å². The van der Waals surface area contributed by atoms with Gasteiger partial charge >= 0.3 is 0 Å². The summed E-state index contributed by atoms with van der Waals surface area (Å²) in [5.74, 6) is 0. The first kappa shape index (κ1) is 20.5. The number of rotatable bonds is 4. The van der Waals surface area contributed by atoms with Gasteiger partial charge in [0.2, 0.25) is 0 Å². The van der Waals surface area contributed by atoms with E-state index in [9.17, 15) is 0 Å². The van der Waals surface area contributed by atoms with E-state index in [1.54, 1.807) is 0 Å². The number of fused-ring (bicyclic) bond motifs is 5. The van der Waals surface area contributed by atoms with E-state index in [4.69, 9.17) is 0 Å². The van der Waals surface area contributed by atoms with Crippen LogP contribution in [0.3, 0.4) is 0 Å². The van der Waals surface area contributed by atoms with Crippen molar-refractivity contribution in [2.75, 3.05) is 5.32 Å². The van der Waals surface area contributed by atoms with E-state index < -0.39 is 0 Å². The van der Waals surface area contributed by atoms with Gasteiger partial charge in [-0.2, -0.15) is 0 Å². The Morgan fingerprint density at radius 3 is 1.94 bits per heavy atom. The summed E-state index contributed by atoms with van der Waals surface area (Å²) >= 11 is 0. The third-order valence-corrected chi connectivity index (χ3v) is 6.95. The number of nitrogens with zero attached hydrogens (tertiary/aromatic N) is 1. The lowest BCUT2D eigenvalue weighted by Crippen LogP contribution is -1.95. The molecule has 0 atom stereocenters. The van der Waals surface area contributed by atoms with Crippen molar-refractivity contribution in [1.29, 1.82) is 0 Å². The van der Waals surface area contributed by atoms with Gasteiger partial charge in [0.1, 0.15) is 0 Å². The molecule has 36 heavy (non-hydrogen) atoms. The summed E-state index contributed by atoms with van der Waals surface area (Å²) < 4.78 is 2.41. The van der Waals surface area contributed by atoms with Crippen molar-refractivity contribution < 1.29 is 0 Å². The zero-order valence-corrected chi connectivity index (χ0v) is 19.7. The van der Waals surface area contributed by atoms with Crippen LogP contribution in [-0.2, 0) is 0 Å². The first-order valence-electron chi connectivity index (χ1n) is 12.3. The molecule has 0 radical (unpaired) electrons. The average Bonchev–Trinajstić information content (AvgIpc) is 3.28. The largest absolute Gasteiger partial charge is 0.356 e. The minimum Gasteiger partial charge on any atom is -0.356 e. The van der Waals surface area contributed by atoms with Gasteiger partial charge in [-0.25, -0.2) is 0 Å². The van der Waals surface area contributed by atoms with Crippen molar-refractivity contribution in [1.82, 2.24) is 4.57 Å². The molecule has 0 saturated heterocycles. The number of nitrogens with one attached hydrogen (secondary N) is 1. The predicted octanol–water partition coefficient (Wildman–Crippen LogP) is 9.35. The minimum absolute atomic E-state index is 1.08. The van der Waals surface area contributed by atoms with Crippen LogP contribution in [0.5, 0.6) is 0 Å². The first-order chi connectivity index (χ1) is 17.8. The van der Waals surface area contributed by atoms with Crippen LogP contribution in [0.25, 0.3) is 49.4 Å². The van der Waals surface area contributed by atoms with Crippen LogP contribution in [0.2, 0.25) is 0 Å². The van der Waals surface area contributed by atoms with E-state index >= 15 is 0 Å². The van der Waals surface area contributed by atoms with E-state index in [0.717, 1.165) is 17.1 Å². The molecule has 0 saturated carbocycles. The first-order valence-corrected chi connectivity index (χ1v) is 12.3. The van der Waals surface area contributed by atoms with Crippen molar-refractivity contribution in [2.24, 2.45) is 0 Å². The lowest BCUT2D eigenvalue weighted by molar-refractivity contribution is 1.19. The number of benzene rings is 6. The summed E-state index contributed by atoms with van der Waals surface area (Å²) in [4.78, 5) is 0. The molecule has 2 nitrogen and oxygen atoms in total. The molecule has 0 aliphatic heterocycles. The molecule has 2 heteroatoms. The van der Waals surface area contributed by atoms with Crippen molar-refractivity contribution in [3.8, 4) is 16.8 Å². The summed E-state index contributed by atoms with van der Waals surface area (Å²) in [5.41, 5.74) is 8.23. The van der Waals surface area contributed by atoms with Gasteiger partial charge in [0.05, 0.1) is 11.0 Å². The van der Waals surface area contributed by atoms with Crippen molar-refractivity contribution in [2.45, 2.75) is 0 Å². The third-order valence-electron chi connectivity index (χ3n) is 6.95. The highest BCUT2D eigenvalue weighted by Gasteiger charge is 2.15. The Hall–Kier alpha value is -4.82. The number of hydrogen-bond donors (Lipinski definition) is 1. The number of para-hydroxylation sites is 1. The summed E-state index contributed by atoms with van der Waals surface area (Å²) in [6.07, 6.45) is 0. The van der Waals surface area contributed by atoms with Gasteiger partial charge in [-0.15, -0.1) is 0 Å². The Morgan fingerprint density at radius 1 is 0.444 bits per heavy atom. The summed E-state index contributed by atoms with van der Waals surface area (Å²) in [5, 5.41) is 8.57. The standard InChI is InChI=1S/C34H24N2/c1-3-9-24(10-4-1)25-15-19-29(20-16-25)36-33-22-18-28(35-27-12-5-2-6-13-27)23-32(33)31-21-17-26-11-7-8-14-30(26)34(31)36/h1-23,35H. The Bertz CT molecular complexity index is 1830. The molecule has 0 fully saturated rings. The molecule has 1 aromatic heterocycles. The third kappa shape index (κ3) is 3.43. The molecule has 7 rings (SSSR count). The van der Waals surface area contributed by atoms with Gasteiger partial charge in [0.25, 0.3) is 0 Å². The van der Waals surface area contributed by atoms with E-state index in [1.807, 2.05) is 6.07 Å². The van der Waals surface area contributed by atoms with Crippen molar-refractivity contribution in [3.05, 3.63) is 140 Å². The lowest BCUT2D eigenvalue weighted by atomic mass is 10.0. The lowest BCUT2D eigenvalue weighted by Gasteiger charge is -2.11. The highest BCUT2D eigenvalue weighted by molar-refractivity contribution is 6.19. The van der Waals surface area contributed by atoms with Crippen LogP contribution in [0, 0.1) is 0 Å². The van der Waals surface area contributed by atoms with Gasteiger partial charge in [-0.3, -0.25) is 0 Å². The molecule has 170 valence electrons. The van der Waals surface area contributed by atoms with Crippen LogP contribution < -0.4 is 5.32 Å². The Labute approximate surface area is 210 Å². The van der Waals surface area contributed by atoms with Crippen LogP contribution in [0.4, 0.5) is 11.4 Å². The van der Waals surface area contributed by atoms with Crippen molar-refractivity contribution >= 4 is 44.0 Å². The second-order valence-corrected chi connectivity index (χ2v) is 9.15. The topological polar surface area (TPSA) is 17.0 Å². The maximum atomic E-state index is 3.56. The van der Waals surface area contributed by atoms with Crippen LogP contribution in [0.15, 0.2) is 140 Å². The summed E-state index contributed by atoms with van der Waals surface area (Å²) in [7, 11) is 0. The molecule has 0 unspecified atom stereocenters. The fourth-order valence-electron chi connectivity index (χ4n) is 5.25. The van der Waals surface area contributed by atoms with Crippen LogP contribution >= 0.6 is 0 Å². The molecule has 0 amide bonds. The smallest absolute Gasteiger partial charge is 0.0619 e. The highest BCUT2D eigenvalue weighted by Crippen LogP contribution is 2.38. The van der Waals surface area contributed by atoms with E-state index in [0.29, 0.717) is 0 Å². The van der Waals surface area contributed by atoms with Crippen molar-refractivity contribution in [3.63, 3.8) is 0 Å². The molecule has 7 aromatic rings. The monoisotopic (exact) mass is 460 g/mol. The van der Waals surface area contributed by atoms with Gasteiger partial charge in [-0.05, 0) is 59.0 Å². The van der Waals surface area contributed by atoms with Gasteiger partial charge in [-0.1, -0.05) is 97.1 Å². The van der Waals surface area contributed by atoms with Gasteiger partial charge in [0.15, 0.2) is 0 Å². The molecule has 0 bridgehead atoms. The fourth-order valence-corrected chi connectivity index (χ4v) is 5.25. The number of aromatic nitrogens is 1. The second kappa shape index (κ2) is 8.44. The molecular weight excluding hydrogens is 436 g/mol. The predicted molar refractivity (Wildman–Crippen MR) is 153 cm³/mol. The molecule has 1 N–H and O–H groups in total.